The maximum absolute atomic E-state index is 12.8. The van der Waals surface area contributed by atoms with E-state index in [0.29, 0.717) is 5.70 Å². The molecule has 1 heterocycles. The Labute approximate surface area is 165 Å². The van der Waals surface area contributed by atoms with Gasteiger partial charge in [0.2, 0.25) is 0 Å². The molecule has 0 aliphatic rings. The highest BCUT2D eigenvalue weighted by molar-refractivity contribution is 7.89. The van der Waals surface area contributed by atoms with Gasteiger partial charge in [-0.25, -0.2) is 4.98 Å². The van der Waals surface area contributed by atoms with E-state index in [1.165, 1.54) is 12.3 Å². The molecule has 3 rings (SSSR count). The highest BCUT2D eigenvalue weighted by Gasteiger charge is 2.18. The topological polar surface area (TPSA) is 68.3 Å². The second-order valence-corrected chi connectivity index (χ2v) is 7.91. The smallest absolute Gasteiger partial charge is 0.279 e. The highest BCUT2D eigenvalue weighted by atomic mass is 32.2. The maximum Gasteiger partial charge on any atom is 0.279 e. The summed E-state index contributed by atoms with van der Waals surface area (Å²) in [6, 6.07) is 21.9. The van der Waals surface area contributed by atoms with E-state index in [-0.39, 0.29) is 10.9 Å². The van der Waals surface area contributed by atoms with Crippen LogP contribution in [0.5, 0.6) is 5.75 Å². The monoisotopic (exact) mass is 394 g/mol. The Kier molecular flexibility index (Phi) is 6.11. The molecule has 5 nitrogen and oxygen atoms in total. The first-order valence-electron chi connectivity index (χ1n) is 8.84. The summed E-state index contributed by atoms with van der Waals surface area (Å²) in [7, 11) is -2.17. The molecule has 6 heteroatoms. The summed E-state index contributed by atoms with van der Waals surface area (Å²) in [5.74, 6) is 0.756. The van der Waals surface area contributed by atoms with Crippen molar-refractivity contribution in [2.24, 2.45) is 0 Å². The lowest BCUT2D eigenvalue weighted by Gasteiger charge is -2.15. The average Bonchev–Trinajstić information content (AvgIpc) is 2.74. The molecule has 0 amide bonds. The Morgan fingerprint density at radius 1 is 1.00 bits per heavy atom. The molecular weight excluding hydrogens is 372 g/mol. The van der Waals surface area contributed by atoms with Gasteiger partial charge in [-0.1, -0.05) is 61.5 Å². The normalized spacial score (nSPS) is 13.0. The Morgan fingerprint density at radius 2 is 1.68 bits per heavy atom. The van der Waals surface area contributed by atoms with Crippen molar-refractivity contribution in [3.05, 3.63) is 96.2 Å². The third-order valence-electron chi connectivity index (χ3n) is 4.30. The number of nitrogens with zero attached hydrogens (tertiary/aromatic N) is 1. The fourth-order valence-electron chi connectivity index (χ4n) is 2.76. The maximum atomic E-state index is 12.8. The molecule has 0 unspecified atom stereocenters. The summed E-state index contributed by atoms with van der Waals surface area (Å²) >= 11 is 0. The van der Waals surface area contributed by atoms with Gasteiger partial charge in [-0.15, -0.1) is 0 Å². The average molecular weight is 394 g/mol. The first-order chi connectivity index (χ1) is 13.5. The summed E-state index contributed by atoms with van der Waals surface area (Å²) in [6.45, 7) is 2.01. The molecule has 1 atom stereocenters. The summed E-state index contributed by atoms with van der Waals surface area (Å²) in [6.07, 6.45) is 3.36. The lowest BCUT2D eigenvalue weighted by atomic mass is 9.98. The van der Waals surface area contributed by atoms with Crippen LogP contribution in [0.15, 0.2) is 90.1 Å². The van der Waals surface area contributed by atoms with Gasteiger partial charge in [-0.2, -0.15) is 8.42 Å². The summed E-state index contributed by atoms with van der Waals surface area (Å²) in [4.78, 5) is 3.96. The van der Waals surface area contributed by atoms with Gasteiger partial charge in [-0.05, 0) is 35.4 Å². The van der Waals surface area contributed by atoms with E-state index in [2.05, 4.69) is 9.71 Å². The molecule has 0 fully saturated rings. The van der Waals surface area contributed by atoms with Gasteiger partial charge in [-0.3, -0.25) is 4.72 Å². The van der Waals surface area contributed by atoms with Crippen molar-refractivity contribution in [2.45, 2.75) is 17.9 Å². The van der Waals surface area contributed by atoms with Crippen molar-refractivity contribution in [1.29, 1.82) is 0 Å². The largest absolute Gasteiger partial charge is 0.497 e. The number of sulfonamides is 1. The molecule has 0 aliphatic carbocycles. The van der Waals surface area contributed by atoms with Crippen molar-refractivity contribution < 1.29 is 13.2 Å². The summed E-state index contributed by atoms with van der Waals surface area (Å²) in [5.41, 5.74) is 2.34. The van der Waals surface area contributed by atoms with Crippen LogP contribution in [0.1, 0.15) is 24.0 Å². The highest BCUT2D eigenvalue weighted by Crippen LogP contribution is 2.24. The van der Waals surface area contributed by atoms with Crippen LogP contribution >= 0.6 is 0 Å². The van der Waals surface area contributed by atoms with Gasteiger partial charge in [0.1, 0.15) is 5.75 Å². The lowest BCUT2D eigenvalue weighted by molar-refractivity contribution is 0.414. The van der Waals surface area contributed by atoms with Gasteiger partial charge in [0, 0.05) is 12.1 Å². The number of allylic oxidation sites excluding steroid dienone is 1. The molecule has 144 valence electrons. The first kappa shape index (κ1) is 19.6. The van der Waals surface area contributed by atoms with Crippen LogP contribution in [0.25, 0.3) is 5.70 Å². The second kappa shape index (κ2) is 8.71. The van der Waals surface area contributed by atoms with E-state index in [1.54, 1.807) is 19.2 Å². The quantitative estimate of drug-likeness (QED) is 0.652. The van der Waals surface area contributed by atoms with Gasteiger partial charge >= 0.3 is 0 Å². The number of rotatable bonds is 7. The van der Waals surface area contributed by atoms with Crippen LogP contribution in [0.3, 0.4) is 0 Å². The van der Waals surface area contributed by atoms with Crippen LogP contribution in [0.4, 0.5) is 0 Å². The molecular formula is C22H22N2O3S. The van der Waals surface area contributed by atoms with Crippen LogP contribution in [0.2, 0.25) is 0 Å². The number of pyridine rings is 1. The Balaban J connectivity index is 1.96. The van der Waals surface area contributed by atoms with Crippen LogP contribution in [0, 0.1) is 0 Å². The fraction of sp³-hybridized carbons (Fsp3) is 0.136. The third-order valence-corrected chi connectivity index (χ3v) is 5.58. The zero-order valence-corrected chi connectivity index (χ0v) is 16.6. The zero-order chi connectivity index (χ0) is 20.0. The molecule has 0 aliphatic heterocycles. The number of aromatic nitrogens is 1. The molecule has 1 aromatic heterocycles. The molecule has 3 aromatic rings. The van der Waals surface area contributed by atoms with E-state index in [9.17, 15) is 8.42 Å². The molecule has 0 saturated carbocycles. The molecule has 28 heavy (non-hydrogen) atoms. The zero-order valence-electron chi connectivity index (χ0n) is 15.7. The minimum absolute atomic E-state index is 0.0195. The molecule has 1 N–H and O–H groups in total. The number of hydrogen-bond donors (Lipinski definition) is 1. The van der Waals surface area contributed by atoms with E-state index >= 15 is 0 Å². The van der Waals surface area contributed by atoms with Crippen molar-refractivity contribution in [3.8, 4) is 5.75 Å². The van der Waals surface area contributed by atoms with Crippen molar-refractivity contribution in [1.82, 2.24) is 9.71 Å². The van der Waals surface area contributed by atoms with Gasteiger partial charge in [0.05, 0.1) is 12.8 Å². The number of methoxy groups -OCH3 is 1. The molecule has 0 radical (unpaired) electrons. The van der Waals surface area contributed by atoms with Gasteiger partial charge in [0.15, 0.2) is 5.03 Å². The van der Waals surface area contributed by atoms with Crippen LogP contribution in [-0.4, -0.2) is 20.5 Å². The molecule has 0 spiro atoms. The van der Waals surface area contributed by atoms with E-state index < -0.39 is 10.0 Å². The summed E-state index contributed by atoms with van der Waals surface area (Å²) < 4.78 is 33.5. The SMILES string of the molecule is COc1ccc([C@H](C)/C=C(\NS(=O)(=O)c2ccccn2)c2ccccc2)cc1. The fourth-order valence-corrected chi connectivity index (χ4v) is 3.80. The number of hydrogen-bond acceptors (Lipinski definition) is 4. The second-order valence-electron chi connectivity index (χ2n) is 6.28. The number of benzene rings is 2. The predicted molar refractivity (Wildman–Crippen MR) is 110 cm³/mol. The summed E-state index contributed by atoms with van der Waals surface area (Å²) in [5, 5.41) is -0.0195. The van der Waals surface area contributed by atoms with Crippen molar-refractivity contribution in [2.75, 3.05) is 7.11 Å². The Morgan fingerprint density at radius 3 is 2.29 bits per heavy atom. The number of nitrogens with one attached hydrogen (secondary N) is 1. The van der Waals surface area contributed by atoms with Crippen LogP contribution < -0.4 is 9.46 Å². The van der Waals surface area contributed by atoms with E-state index in [4.69, 9.17) is 4.74 Å². The number of ether oxygens (including phenoxy) is 1. The predicted octanol–water partition coefficient (Wildman–Crippen LogP) is 4.21. The third kappa shape index (κ3) is 4.78. The Hall–Kier alpha value is -3.12. The van der Waals surface area contributed by atoms with E-state index in [1.807, 2.05) is 67.6 Å². The first-order valence-corrected chi connectivity index (χ1v) is 10.3. The Bertz CT molecular complexity index is 1030. The molecule has 0 saturated heterocycles. The van der Waals surface area contributed by atoms with Gasteiger partial charge in [0.25, 0.3) is 10.0 Å². The minimum Gasteiger partial charge on any atom is -0.497 e. The van der Waals surface area contributed by atoms with Crippen LogP contribution in [-0.2, 0) is 10.0 Å². The lowest BCUT2D eigenvalue weighted by Crippen LogP contribution is -2.23. The molecule has 2 aromatic carbocycles. The minimum atomic E-state index is -3.80. The van der Waals surface area contributed by atoms with Crippen molar-refractivity contribution >= 4 is 15.7 Å². The standard InChI is InChI=1S/C22H22N2O3S/c1-17(18-11-13-20(27-2)14-12-18)16-21(19-8-4-3-5-9-19)24-28(25,26)22-10-6-7-15-23-22/h3-17,24H,1-2H3/b21-16-/t17-/m1/s1. The van der Waals surface area contributed by atoms with E-state index in [0.717, 1.165) is 16.9 Å². The van der Waals surface area contributed by atoms with Gasteiger partial charge < -0.3 is 4.74 Å². The van der Waals surface area contributed by atoms with Crippen molar-refractivity contribution in [3.63, 3.8) is 0 Å². The molecule has 0 bridgehead atoms.